The molecule has 2 saturated heterocycles. The zero-order chi connectivity index (χ0) is 17.7. The van der Waals surface area contributed by atoms with Crippen LogP contribution < -0.4 is 0 Å². The average molecular weight is 357 g/mol. The van der Waals surface area contributed by atoms with Crippen molar-refractivity contribution in [3.63, 3.8) is 0 Å². The summed E-state index contributed by atoms with van der Waals surface area (Å²) in [6.45, 7) is 9.75. The molecule has 0 unspecified atom stereocenters. The summed E-state index contributed by atoms with van der Waals surface area (Å²) < 4.78 is 6.84. The maximum atomic E-state index is 11.6. The molecular formula is C22H31NO3. The number of piperidine rings is 1. The Labute approximate surface area is 155 Å². The second-order valence-electron chi connectivity index (χ2n) is 11.1. The number of rotatable bonds is 0. The monoisotopic (exact) mass is 357 g/mol. The van der Waals surface area contributed by atoms with Crippen molar-refractivity contribution >= 4 is 0 Å². The van der Waals surface area contributed by atoms with E-state index in [9.17, 15) is 10.2 Å². The summed E-state index contributed by atoms with van der Waals surface area (Å²) in [5, 5.41) is 23.1. The van der Waals surface area contributed by atoms with Gasteiger partial charge < -0.3 is 14.9 Å². The van der Waals surface area contributed by atoms with E-state index in [4.69, 9.17) is 4.74 Å². The molecule has 2 heterocycles. The predicted octanol–water partition coefficient (Wildman–Crippen LogP) is 2.16. The van der Waals surface area contributed by atoms with E-state index in [1.807, 2.05) is 0 Å². The Hall–Kier alpha value is -0.420. The standard InChI is InChI=1S/C22H31NO3/c1-12-13-8-15-20-5-3-4-19(2)11-23-6-7-26-22(20,23)16(9-13)21(15,18(12)25)17(24)10-14(19)20/h13-18,24-25H,1,3-11H2,2H3/t13-,14-,15+,16+,17+,18-,19+,20+,21+,22+/m1/s1. The molecule has 8 fully saturated rings. The molecule has 8 aliphatic rings. The van der Waals surface area contributed by atoms with Gasteiger partial charge in [-0.05, 0) is 60.8 Å². The summed E-state index contributed by atoms with van der Waals surface area (Å²) in [5.41, 5.74) is 0.791. The number of fused-ring (bicyclic) bond motifs is 1. The number of aliphatic hydroxyl groups excluding tert-OH is 2. The Morgan fingerprint density at radius 2 is 1.92 bits per heavy atom. The van der Waals surface area contributed by atoms with Crippen LogP contribution in [0, 0.1) is 39.9 Å². The Bertz CT molecular complexity index is 739. The molecule has 10 atom stereocenters. The molecule has 4 nitrogen and oxygen atoms in total. The lowest BCUT2D eigenvalue weighted by molar-refractivity contribution is -0.285. The van der Waals surface area contributed by atoms with Crippen LogP contribution in [-0.2, 0) is 4.74 Å². The van der Waals surface area contributed by atoms with Gasteiger partial charge in [0.15, 0.2) is 0 Å². The van der Waals surface area contributed by atoms with Crippen LogP contribution >= 0.6 is 0 Å². The molecule has 0 aromatic rings. The van der Waals surface area contributed by atoms with Gasteiger partial charge in [0, 0.05) is 29.8 Å². The highest BCUT2D eigenvalue weighted by Gasteiger charge is 2.90. The first-order chi connectivity index (χ1) is 12.4. The Balaban J connectivity index is 1.58. The van der Waals surface area contributed by atoms with E-state index in [2.05, 4.69) is 18.4 Å². The molecule has 26 heavy (non-hydrogen) atoms. The molecule has 0 aromatic carbocycles. The summed E-state index contributed by atoms with van der Waals surface area (Å²) in [7, 11) is 0. The SMILES string of the molecule is C=C1[C@@H]2C[C@@H]3[C@@]4([C@@H]1O)[C@@H](O)C[C@@H]1[C@@]5(C)CCC[C@]13[C@@]1(OCCN1C5)[C@H]4C2. The number of nitrogens with zero attached hydrogens (tertiary/aromatic N) is 1. The van der Waals surface area contributed by atoms with Crippen LogP contribution in [0.3, 0.4) is 0 Å². The van der Waals surface area contributed by atoms with Gasteiger partial charge >= 0.3 is 0 Å². The molecule has 8 rings (SSSR count). The van der Waals surface area contributed by atoms with Gasteiger partial charge in [0.2, 0.25) is 0 Å². The van der Waals surface area contributed by atoms with Crippen LogP contribution in [-0.4, -0.2) is 52.7 Å². The van der Waals surface area contributed by atoms with E-state index in [1.165, 1.54) is 19.3 Å². The van der Waals surface area contributed by atoms with Crippen molar-refractivity contribution in [3.05, 3.63) is 12.2 Å². The largest absolute Gasteiger partial charge is 0.392 e. The smallest absolute Gasteiger partial charge is 0.131 e. The predicted molar refractivity (Wildman–Crippen MR) is 96.0 cm³/mol. The van der Waals surface area contributed by atoms with Crippen molar-refractivity contribution < 1.29 is 14.9 Å². The second kappa shape index (κ2) is 4.12. The second-order valence-corrected chi connectivity index (χ2v) is 11.1. The molecule has 0 radical (unpaired) electrons. The van der Waals surface area contributed by atoms with Crippen molar-refractivity contribution in [1.82, 2.24) is 4.90 Å². The van der Waals surface area contributed by atoms with Crippen LogP contribution in [0.4, 0.5) is 0 Å². The zero-order valence-corrected chi connectivity index (χ0v) is 15.8. The fourth-order valence-electron chi connectivity index (χ4n) is 10.6. The van der Waals surface area contributed by atoms with Gasteiger partial charge in [0.1, 0.15) is 5.72 Å². The third-order valence-corrected chi connectivity index (χ3v) is 10.9. The van der Waals surface area contributed by atoms with Gasteiger partial charge in [-0.1, -0.05) is 19.9 Å². The molecule has 2 N–H and O–H groups in total. The minimum Gasteiger partial charge on any atom is -0.392 e. The van der Waals surface area contributed by atoms with E-state index in [0.717, 1.165) is 44.5 Å². The van der Waals surface area contributed by atoms with E-state index < -0.39 is 17.6 Å². The van der Waals surface area contributed by atoms with Gasteiger partial charge in [-0.15, -0.1) is 0 Å². The fraction of sp³-hybridized carbons (Fsp3) is 0.909. The summed E-state index contributed by atoms with van der Waals surface area (Å²) in [6.07, 6.45) is 5.87. The first-order valence-corrected chi connectivity index (χ1v) is 10.9. The van der Waals surface area contributed by atoms with E-state index >= 15 is 0 Å². The fourth-order valence-corrected chi connectivity index (χ4v) is 10.6. The number of hydrogen-bond acceptors (Lipinski definition) is 4. The molecule has 6 aliphatic carbocycles. The first-order valence-electron chi connectivity index (χ1n) is 10.9. The molecule has 6 saturated carbocycles. The lowest BCUT2D eigenvalue weighted by atomic mass is 9.38. The third kappa shape index (κ3) is 1.14. The minimum atomic E-state index is -0.547. The Morgan fingerprint density at radius 3 is 2.77 bits per heavy atom. The van der Waals surface area contributed by atoms with Gasteiger partial charge in [-0.2, -0.15) is 0 Å². The number of aliphatic hydroxyl groups is 2. The van der Waals surface area contributed by atoms with Crippen molar-refractivity contribution in [2.45, 2.75) is 63.4 Å². The van der Waals surface area contributed by atoms with Gasteiger partial charge in [-0.25, -0.2) is 0 Å². The molecule has 4 heteroatoms. The molecule has 2 aliphatic heterocycles. The number of ether oxygens (including phenoxy) is 1. The molecule has 142 valence electrons. The van der Waals surface area contributed by atoms with Crippen LogP contribution in [0.25, 0.3) is 0 Å². The van der Waals surface area contributed by atoms with Gasteiger partial charge in [0.05, 0.1) is 18.8 Å². The van der Waals surface area contributed by atoms with Crippen molar-refractivity contribution in [1.29, 1.82) is 0 Å². The highest BCUT2D eigenvalue weighted by molar-refractivity contribution is 5.41. The number of hydrogen-bond donors (Lipinski definition) is 2. The maximum Gasteiger partial charge on any atom is 0.131 e. The maximum absolute atomic E-state index is 11.6. The van der Waals surface area contributed by atoms with Gasteiger partial charge in [0.25, 0.3) is 0 Å². The zero-order valence-electron chi connectivity index (χ0n) is 15.8. The summed E-state index contributed by atoms with van der Waals surface area (Å²) in [5.74, 6) is 1.62. The van der Waals surface area contributed by atoms with Crippen molar-refractivity contribution in [2.24, 2.45) is 39.9 Å². The topological polar surface area (TPSA) is 52.9 Å². The highest BCUT2D eigenvalue weighted by Crippen LogP contribution is 2.86. The summed E-state index contributed by atoms with van der Waals surface area (Å²) >= 11 is 0. The van der Waals surface area contributed by atoms with Crippen LogP contribution in [0.15, 0.2) is 12.2 Å². The molecule has 0 amide bonds. The first kappa shape index (κ1) is 15.5. The Kier molecular flexibility index (Phi) is 2.46. The van der Waals surface area contributed by atoms with Crippen LogP contribution in [0.2, 0.25) is 0 Å². The van der Waals surface area contributed by atoms with E-state index in [0.29, 0.717) is 17.8 Å². The molecule has 3 spiro atoms. The minimum absolute atomic E-state index is 0.134. The summed E-state index contributed by atoms with van der Waals surface area (Å²) in [6, 6.07) is 0. The normalized spacial score (nSPS) is 67.6. The highest BCUT2D eigenvalue weighted by atomic mass is 16.5. The summed E-state index contributed by atoms with van der Waals surface area (Å²) in [4.78, 5) is 2.70. The quantitative estimate of drug-likeness (QED) is 0.653. The molecular weight excluding hydrogens is 326 g/mol. The van der Waals surface area contributed by atoms with Crippen molar-refractivity contribution in [3.8, 4) is 0 Å². The van der Waals surface area contributed by atoms with Crippen molar-refractivity contribution in [2.75, 3.05) is 19.7 Å². The van der Waals surface area contributed by atoms with Crippen LogP contribution in [0.5, 0.6) is 0 Å². The van der Waals surface area contributed by atoms with E-state index in [-0.39, 0.29) is 22.5 Å². The Morgan fingerprint density at radius 1 is 1.12 bits per heavy atom. The average Bonchev–Trinajstić information content (AvgIpc) is 3.04. The van der Waals surface area contributed by atoms with Gasteiger partial charge in [-0.3, -0.25) is 4.90 Å². The lowest BCUT2D eigenvalue weighted by Gasteiger charge is -2.69. The van der Waals surface area contributed by atoms with E-state index in [1.54, 1.807) is 0 Å². The third-order valence-electron chi connectivity index (χ3n) is 10.9. The molecule has 0 aromatic heterocycles. The molecule has 6 bridgehead atoms. The lowest BCUT2D eigenvalue weighted by Crippen LogP contribution is -2.72. The van der Waals surface area contributed by atoms with Crippen LogP contribution in [0.1, 0.15) is 45.4 Å².